The van der Waals surface area contributed by atoms with Crippen LogP contribution in [-0.2, 0) is 6.54 Å². The summed E-state index contributed by atoms with van der Waals surface area (Å²) in [5.74, 6) is 1.72. The molecule has 0 atom stereocenters. The zero-order valence-electron chi connectivity index (χ0n) is 13.4. The summed E-state index contributed by atoms with van der Waals surface area (Å²) >= 11 is 0. The van der Waals surface area contributed by atoms with Crippen molar-refractivity contribution < 1.29 is 9.47 Å². The number of nitrogens with one attached hydrogen (secondary N) is 1. The molecule has 0 bridgehead atoms. The van der Waals surface area contributed by atoms with Crippen LogP contribution in [0.15, 0.2) is 18.2 Å². The van der Waals surface area contributed by atoms with Crippen LogP contribution >= 0.6 is 0 Å². The molecule has 118 valence electrons. The van der Waals surface area contributed by atoms with Crippen molar-refractivity contribution in [1.29, 1.82) is 0 Å². The SMILES string of the molecule is CCNCc1cccc(OC)c1OCCCN1CCCC1. The zero-order chi connectivity index (χ0) is 14.9. The Labute approximate surface area is 128 Å². The Kier molecular flexibility index (Phi) is 6.83. The summed E-state index contributed by atoms with van der Waals surface area (Å²) in [7, 11) is 1.70. The molecule has 0 unspecified atom stereocenters. The molecule has 1 aliphatic heterocycles. The highest BCUT2D eigenvalue weighted by atomic mass is 16.5. The lowest BCUT2D eigenvalue weighted by Gasteiger charge is -2.17. The van der Waals surface area contributed by atoms with Gasteiger partial charge in [0.25, 0.3) is 0 Å². The summed E-state index contributed by atoms with van der Waals surface area (Å²) in [5.41, 5.74) is 1.16. The van der Waals surface area contributed by atoms with Crippen LogP contribution in [0.5, 0.6) is 11.5 Å². The molecule has 1 aromatic carbocycles. The molecule has 2 rings (SSSR count). The Morgan fingerprint density at radius 3 is 2.76 bits per heavy atom. The Hall–Kier alpha value is -1.26. The topological polar surface area (TPSA) is 33.7 Å². The highest BCUT2D eigenvalue weighted by Crippen LogP contribution is 2.31. The Morgan fingerprint density at radius 1 is 1.24 bits per heavy atom. The van der Waals surface area contributed by atoms with Crippen LogP contribution in [0.25, 0.3) is 0 Å². The normalized spacial score (nSPS) is 15.3. The Balaban J connectivity index is 1.86. The number of likely N-dealkylation sites (tertiary alicyclic amines) is 1. The highest BCUT2D eigenvalue weighted by molar-refractivity contribution is 5.46. The summed E-state index contributed by atoms with van der Waals surface area (Å²) in [6, 6.07) is 6.08. The molecule has 4 nitrogen and oxygen atoms in total. The number of nitrogens with zero attached hydrogens (tertiary/aromatic N) is 1. The van der Waals surface area contributed by atoms with Gasteiger partial charge in [0.1, 0.15) is 0 Å². The average Bonchev–Trinajstić information content (AvgIpc) is 3.03. The van der Waals surface area contributed by atoms with Gasteiger partial charge in [-0.2, -0.15) is 0 Å². The molecule has 0 saturated carbocycles. The first-order valence-corrected chi connectivity index (χ1v) is 8.07. The van der Waals surface area contributed by atoms with Crippen LogP contribution in [0.2, 0.25) is 0 Å². The van der Waals surface area contributed by atoms with Crippen molar-refractivity contribution in [2.24, 2.45) is 0 Å². The summed E-state index contributed by atoms with van der Waals surface area (Å²) in [4.78, 5) is 2.52. The van der Waals surface area contributed by atoms with E-state index in [1.165, 1.54) is 25.9 Å². The van der Waals surface area contributed by atoms with Crippen molar-refractivity contribution in [3.63, 3.8) is 0 Å². The molecule has 0 spiro atoms. The van der Waals surface area contributed by atoms with Crippen molar-refractivity contribution in [3.05, 3.63) is 23.8 Å². The van der Waals surface area contributed by atoms with E-state index < -0.39 is 0 Å². The van der Waals surface area contributed by atoms with E-state index >= 15 is 0 Å². The fourth-order valence-corrected chi connectivity index (χ4v) is 2.75. The third-order valence-corrected chi connectivity index (χ3v) is 3.91. The smallest absolute Gasteiger partial charge is 0.165 e. The molecule has 1 aliphatic rings. The number of hydrogen-bond donors (Lipinski definition) is 1. The number of para-hydroxylation sites is 1. The molecule has 21 heavy (non-hydrogen) atoms. The summed E-state index contributed by atoms with van der Waals surface area (Å²) in [6.07, 6.45) is 3.76. The van der Waals surface area contributed by atoms with Crippen molar-refractivity contribution in [2.45, 2.75) is 32.7 Å². The van der Waals surface area contributed by atoms with E-state index in [2.05, 4.69) is 23.2 Å². The summed E-state index contributed by atoms with van der Waals surface area (Å²) in [6.45, 7) is 8.26. The summed E-state index contributed by atoms with van der Waals surface area (Å²) < 4.78 is 11.5. The van der Waals surface area contributed by atoms with Gasteiger partial charge in [0.15, 0.2) is 11.5 Å². The number of methoxy groups -OCH3 is 1. The van der Waals surface area contributed by atoms with Gasteiger partial charge in [-0.25, -0.2) is 0 Å². The number of ether oxygens (including phenoxy) is 2. The van der Waals surface area contributed by atoms with Gasteiger partial charge in [-0.15, -0.1) is 0 Å². The maximum absolute atomic E-state index is 6.02. The van der Waals surface area contributed by atoms with E-state index in [4.69, 9.17) is 9.47 Å². The third-order valence-electron chi connectivity index (χ3n) is 3.91. The standard InChI is InChI=1S/C17H28N2O2/c1-3-18-14-15-8-6-9-16(20-2)17(15)21-13-7-12-19-10-4-5-11-19/h6,8-9,18H,3-5,7,10-14H2,1-2H3. The molecule has 1 heterocycles. The predicted molar refractivity (Wildman–Crippen MR) is 86.2 cm³/mol. The van der Waals surface area contributed by atoms with Crippen LogP contribution < -0.4 is 14.8 Å². The van der Waals surface area contributed by atoms with Crippen LogP contribution in [0, 0.1) is 0 Å². The van der Waals surface area contributed by atoms with Crippen LogP contribution in [0.3, 0.4) is 0 Å². The third kappa shape index (κ3) is 4.90. The fraction of sp³-hybridized carbons (Fsp3) is 0.647. The molecule has 0 radical (unpaired) electrons. The van der Waals surface area contributed by atoms with Crippen molar-refractivity contribution in [1.82, 2.24) is 10.2 Å². The minimum Gasteiger partial charge on any atom is -0.493 e. The van der Waals surface area contributed by atoms with E-state index in [9.17, 15) is 0 Å². The molecular formula is C17H28N2O2. The van der Waals surface area contributed by atoms with Crippen molar-refractivity contribution in [3.8, 4) is 11.5 Å². The van der Waals surface area contributed by atoms with Crippen LogP contribution in [0.4, 0.5) is 0 Å². The predicted octanol–water partition coefficient (Wildman–Crippen LogP) is 2.67. The largest absolute Gasteiger partial charge is 0.493 e. The van der Waals surface area contributed by atoms with Gasteiger partial charge in [-0.3, -0.25) is 0 Å². The molecule has 0 aliphatic carbocycles. The first-order valence-electron chi connectivity index (χ1n) is 8.07. The lowest BCUT2D eigenvalue weighted by molar-refractivity contribution is 0.252. The fourth-order valence-electron chi connectivity index (χ4n) is 2.75. The van der Waals surface area contributed by atoms with Gasteiger partial charge >= 0.3 is 0 Å². The molecule has 1 N–H and O–H groups in total. The second-order valence-electron chi connectivity index (χ2n) is 5.48. The molecule has 0 amide bonds. The lowest BCUT2D eigenvalue weighted by atomic mass is 10.2. The minimum absolute atomic E-state index is 0.746. The maximum atomic E-state index is 6.02. The Morgan fingerprint density at radius 2 is 2.05 bits per heavy atom. The van der Waals surface area contributed by atoms with E-state index in [1.54, 1.807) is 7.11 Å². The van der Waals surface area contributed by atoms with Crippen LogP contribution in [0.1, 0.15) is 31.7 Å². The molecule has 1 saturated heterocycles. The second kappa shape index (κ2) is 8.90. The van der Waals surface area contributed by atoms with Gasteiger partial charge in [0, 0.05) is 18.7 Å². The van der Waals surface area contributed by atoms with Gasteiger partial charge in [-0.05, 0) is 45.0 Å². The van der Waals surface area contributed by atoms with Gasteiger partial charge in [0.2, 0.25) is 0 Å². The van der Waals surface area contributed by atoms with Crippen LogP contribution in [-0.4, -0.2) is 44.8 Å². The van der Waals surface area contributed by atoms with E-state index in [-0.39, 0.29) is 0 Å². The first kappa shape index (κ1) is 16.1. The minimum atomic E-state index is 0.746. The summed E-state index contributed by atoms with van der Waals surface area (Å²) in [5, 5.41) is 3.35. The van der Waals surface area contributed by atoms with E-state index in [1.807, 2.05) is 12.1 Å². The molecule has 0 aromatic heterocycles. The number of rotatable bonds is 9. The Bertz CT molecular complexity index is 417. The van der Waals surface area contributed by atoms with E-state index in [0.717, 1.165) is 49.7 Å². The molecule has 1 aromatic rings. The highest BCUT2D eigenvalue weighted by Gasteiger charge is 2.12. The number of hydrogen-bond acceptors (Lipinski definition) is 4. The quantitative estimate of drug-likeness (QED) is 0.710. The van der Waals surface area contributed by atoms with Crippen molar-refractivity contribution >= 4 is 0 Å². The average molecular weight is 292 g/mol. The lowest BCUT2D eigenvalue weighted by Crippen LogP contribution is -2.22. The molecule has 1 fully saturated rings. The molecule has 4 heteroatoms. The van der Waals surface area contributed by atoms with Gasteiger partial charge in [-0.1, -0.05) is 19.1 Å². The van der Waals surface area contributed by atoms with Gasteiger partial charge < -0.3 is 19.7 Å². The van der Waals surface area contributed by atoms with Crippen molar-refractivity contribution in [2.75, 3.05) is 39.9 Å². The van der Waals surface area contributed by atoms with E-state index in [0.29, 0.717) is 0 Å². The number of benzene rings is 1. The second-order valence-corrected chi connectivity index (χ2v) is 5.48. The monoisotopic (exact) mass is 292 g/mol. The molecular weight excluding hydrogens is 264 g/mol. The zero-order valence-corrected chi connectivity index (χ0v) is 13.4. The van der Waals surface area contributed by atoms with Gasteiger partial charge in [0.05, 0.1) is 13.7 Å². The maximum Gasteiger partial charge on any atom is 0.165 e. The first-order chi connectivity index (χ1) is 10.3.